The molecule has 0 heterocycles. The van der Waals surface area contributed by atoms with Crippen LogP contribution in [-0.2, 0) is 9.53 Å². The van der Waals surface area contributed by atoms with Crippen LogP contribution in [0.15, 0.2) is 24.3 Å². The van der Waals surface area contributed by atoms with Crippen molar-refractivity contribution in [1.29, 1.82) is 0 Å². The van der Waals surface area contributed by atoms with Crippen LogP contribution >= 0.6 is 0 Å². The number of hydrogen-bond donors (Lipinski definition) is 2. The Labute approximate surface area is 131 Å². The molecule has 0 atom stereocenters. The van der Waals surface area contributed by atoms with Gasteiger partial charge in [-0.15, -0.1) is 0 Å². The monoisotopic (exact) mass is 307 g/mol. The number of carbonyl (C=O) groups is 2. The number of ether oxygens (including phenoxy) is 1. The lowest BCUT2D eigenvalue weighted by Crippen LogP contribution is -2.25. The Morgan fingerprint density at radius 2 is 1.91 bits per heavy atom. The molecule has 0 saturated carbocycles. The predicted octanol–water partition coefficient (Wildman–Crippen LogP) is 1.34. The molecule has 122 valence electrons. The minimum atomic E-state index is -0.460. The van der Waals surface area contributed by atoms with Gasteiger partial charge in [-0.25, -0.2) is 4.79 Å². The van der Waals surface area contributed by atoms with Crippen LogP contribution in [0.5, 0.6) is 0 Å². The highest BCUT2D eigenvalue weighted by molar-refractivity contribution is 6.01. The standard InChI is InChI=1S/C16H25N3O3/c1-19(2)12-6-10-17-11-9-15(20)18-14-8-5-4-7-13(14)16(21)22-3/h4-5,7-8,17H,6,9-12H2,1-3H3,(H,18,20). The van der Waals surface area contributed by atoms with E-state index in [-0.39, 0.29) is 5.91 Å². The molecule has 0 spiro atoms. The zero-order chi connectivity index (χ0) is 16.4. The summed E-state index contributed by atoms with van der Waals surface area (Å²) in [5.74, 6) is -0.589. The van der Waals surface area contributed by atoms with Crippen molar-refractivity contribution in [3.8, 4) is 0 Å². The predicted molar refractivity (Wildman–Crippen MR) is 87.1 cm³/mol. The van der Waals surface area contributed by atoms with Gasteiger partial charge in [0.05, 0.1) is 18.4 Å². The Kier molecular flexibility index (Phi) is 8.17. The van der Waals surface area contributed by atoms with E-state index in [9.17, 15) is 9.59 Å². The molecule has 1 rings (SSSR count). The number of nitrogens with one attached hydrogen (secondary N) is 2. The number of rotatable bonds is 9. The Balaban J connectivity index is 2.35. The van der Waals surface area contributed by atoms with Gasteiger partial charge in [-0.1, -0.05) is 12.1 Å². The number of anilines is 1. The minimum Gasteiger partial charge on any atom is -0.465 e. The average Bonchev–Trinajstić information content (AvgIpc) is 2.50. The molecule has 0 saturated heterocycles. The molecule has 1 aromatic carbocycles. The molecule has 0 bridgehead atoms. The van der Waals surface area contributed by atoms with Gasteiger partial charge in [0.25, 0.3) is 0 Å². The number of esters is 1. The van der Waals surface area contributed by atoms with Crippen molar-refractivity contribution in [3.05, 3.63) is 29.8 Å². The number of methoxy groups -OCH3 is 1. The van der Waals surface area contributed by atoms with Crippen molar-refractivity contribution >= 4 is 17.6 Å². The van der Waals surface area contributed by atoms with Gasteiger partial charge >= 0.3 is 5.97 Å². The van der Waals surface area contributed by atoms with Gasteiger partial charge in [0, 0.05) is 13.0 Å². The maximum atomic E-state index is 11.9. The Morgan fingerprint density at radius 1 is 1.18 bits per heavy atom. The van der Waals surface area contributed by atoms with Crippen molar-refractivity contribution in [2.24, 2.45) is 0 Å². The third kappa shape index (κ3) is 6.69. The summed E-state index contributed by atoms with van der Waals surface area (Å²) >= 11 is 0. The summed E-state index contributed by atoms with van der Waals surface area (Å²) in [6, 6.07) is 6.81. The second kappa shape index (κ2) is 9.92. The minimum absolute atomic E-state index is 0.128. The van der Waals surface area contributed by atoms with Crippen molar-refractivity contribution in [2.75, 3.05) is 46.2 Å². The van der Waals surface area contributed by atoms with Crippen molar-refractivity contribution < 1.29 is 14.3 Å². The van der Waals surface area contributed by atoms with Crippen LogP contribution in [0.4, 0.5) is 5.69 Å². The lowest BCUT2D eigenvalue weighted by atomic mass is 10.1. The smallest absolute Gasteiger partial charge is 0.339 e. The van der Waals surface area contributed by atoms with E-state index < -0.39 is 5.97 Å². The van der Waals surface area contributed by atoms with E-state index in [0.717, 1.165) is 19.5 Å². The van der Waals surface area contributed by atoms with Crippen molar-refractivity contribution in [2.45, 2.75) is 12.8 Å². The molecule has 0 aromatic heterocycles. The zero-order valence-electron chi connectivity index (χ0n) is 13.5. The van der Waals surface area contributed by atoms with E-state index in [1.165, 1.54) is 7.11 Å². The quantitative estimate of drug-likeness (QED) is 0.532. The molecule has 22 heavy (non-hydrogen) atoms. The fourth-order valence-corrected chi connectivity index (χ4v) is 1.94. The maximum Gasteiger partial charge on any atom is 0.339 e. The first-order chi connectivity index (χ1) is 10.5. The van der Waals surface area contributed by atoms with E-state index in [1.807, 2.05) is 14.1 Å². The van der Waals surface area contributed by atoms with Gasteiger partial charge in [0.1, 0.15) is 0 Å². The van der Waals surface area contributed by atoms with Crippen LogP contribution in [0.1, 0.15) is 23.2 Å². The van der Waals surface area contributed by atoms with Gasteiger partial charge < -0.3 is 20.3 Å². The number of carbonyl (C=O) groups excluding carboxylic acids is 2. The van der Waals surface area contributed by atoms with Gasteiger partial charge in [0.2, 0.25) is 5.91 Å². The van der Waals surface area contributed by atoms with E-state index in [1.54, 1.807) is 24.3 Å². The van der Waals surface area contributed by atoms with Crippen LogP contribution < -0.4 is 10.6 Å². The Hall–Kier alpha value is -1.92. The lowest BCUT2D eigenvalue weighted by Gasteiger charge is -2.11. The molecule has 0 unspecified atom stereocenters. The molecular formula is C16H25N3O3. The van der Waals surface area contributed by atoms with Gasteiger partial charge in [0.15, 0.2) is 0 Å². The third-order valence-electron chi connectivity index (χ3n) is 3.09. The summed E-state index contributed by atoms with van der Waals surface area (Å²) in [5.41, 5.74) is 0.837. The van der Waals surface area contributed by atoms with Gasteiger partial charge in [-0.3, -0.25) is 4.79 Å². The lowest BCUT2D eigenvalue weighted by molar-refractivity contribution is -0.116. The molecule has 0 aliphatic heterocycles. The summed E-state index contributed by atoms with van der Waals surface area (Å²) in [4.78, 5) is 25.6. The van der Waals surface area contributed by atoms with Crippen molar-refractivity contribution in [3.63, 3.8) is 0 Å². The maximum absolute atomic E-state index is 11.9. The SMILES string of the molecule is COC(=O)c1ccccc1NC(=O)CCNCCCN(C)C. The van der Waals surface area contributed by atoms with Crippen molar-refractivity contribution in [1.82, 2.24) is 10.2 Å². The summed E-state index contributed by atoms with van der Waals surface area (Å²) in [7, 11) is 5.39. The molecule has 6 heteroatoms. The number of nitrogens with zero attached hydrogens (tertiary/aromatic N) is 1. The van der Waals surface area contributed by atoms with E-state index >= 15 is 0 Å². The topological polar surface area (TPSA) is 70.7 Å². The average molecular weight is 307 g/mol. The number of benzene rings is 1. The molecule has 0 fully saturated rings. The van der Waals surface area contributed by atoms with Crippen LogP contribution in [0.25, 0.3) is 0 Å². The number of hydrogen-bond acceptors (Lipinski definition) is 5. The summed E-state index contributed by atoms with van der Waals surface area (Å²) in [6.45, 7) is 2.51. The summed E-state index contributed by atoms with van der Waals surface area (Å²) < 4.78 is 4.70. The number of para-hydroxylation sites is 1. The Morgan fingerprint density at radius 3 is 2.59 bits per heavy atom. The first-order valence-corrected chi connectivity index (χ1v) is 7.37. The second-order valence-corrected chi connectivity index (χ2v) is 5.24. The molecule has 0 aliphatic carbocycles. The van der Waals surface area contributed by atoms with Crippen LogP contribution in [0.2, 0.25) is 0 Å². The first kappa shape index (κ1) is 18.1. The highest BCUT2D eigenvalue weighted by Gasteiger charge is 2.12. The molecular weight excluding hydrogens is 282 g/mol. The van der Waals surface area contributed by atoms with Gasteiger partial charge in [-0.2, -0.15) is 0 Å². The fraction of sp³-hybridized carbons (Fsp3) is 0.500. The molecule has 1 aromatic rings. The molecule has 2 N–H and O–H groups in total. The largest absolute Gasteiger partial charge is 0.465 e. The third-order valence-corrected chi connectivity index (χ3v) is 3.09. The van der Waals surface area contributed by atoms with E-state index in [4.69, 9.17) is 4.74 Å². The van der Waals surface area contributed by atoms with Crippen LogP contribution in [0, 0.1) is 0 Å². The van der Waals surface area contributed by atoms with Crippen LogP contribution in [0.3, 0.4) is 0 Å². The second-order valence-electron chi connectivity index (χ2n) is 5.24. The Bertz CT molecular complexity index is 489. The number of amides is 1. The molecule has 1 amide bonds. The molecule has 6 nitrogen and oxygen atoms in total. The highest BCUT2D eigenvalue weighted by Crippen LogP contribution is 2.16. The first-order valence-electron chi connectivity index (χ1n) is 7.37. The fourth-order valence-electron chi connectivity index (χ4n) is 1.94. The molecule has 0 radical (unpaired) electrons. The normalized spacial score (nSPS) is 10.5. The van der Waals surface area contributed by atoms with E-state index in [0.29, 0.717) is 24.2 Å². The summed E-state index contributed by atoms with van der Waals surface area (Å²) in [6.07, 6.45) is 1.40. The van der Waals surface area contributed by atoms with Crippen LogP contribution in [-0.4, -0.2) is 57.6 Å². The molecule has 0 aliphatic rings. The summed E-state index contributed by atoms with van der Waals surface area (Å²) in [5, 5.41) is 5.97. The van der Waals surface area contributed by atoms with E-state index in [2.05, 4.69) is 15.5 Å². The highest BCUT2D eigenvalue weighted by atomic mass is 16.5. The van der Waals surface area contributed by atoms with Gasteiger partial charge in [-0.05, 0) is 45.7 Å². The zero-order valence-corrected chi connectivity index (χ0v) is 13.5.